The Kier molecular flexibility index (Phi) is 4.85. The third-order valence-electron chi connectivity index (χ3n) is 2.85. The first kappa shape index (κ1) is 15.4. The number of nitrogens with one attached hydrogen (secondary N) is 2. The zero-order valence-corrected chi connectivity index (χ0v) is 12.9. The first-order chi connectivity index (χ1) is 10.0. The summed E-state index contributed by atoms with van der Waals surface area (Å²) >= 11 is 0. The summed E-state index contributed by atoms with van der Waals surface area (Å²) in [6.07, 6.45) is 2.03. The molecule has 2 rings (SSSR count). The van der Waals surface area contributed by atoms with Gasteiger partial charge in [-0.25, -0.2) is 8.42 Å². The summed E-state index contributed by atoms with van der Waals surface area (Å²) < 4.78 is 32.3. The van der Waals surface area contributed by atoms with Gasteiger partial charge in [0.05, 0.1) is 11.5 Å². The van der Waals surface area contributed by atoms with Gasteiger partial charge in [0, 0.05) is 11.8 Å². The van der Waals surface area contributed by atoms with Crippen LogP contribution < -0.4 is 9.46 Å². The number of hydrogen-bond acceptors (Lipinski definition) is 4. The number of rotatable bonds is 7. The summed E-state index contributed by atoms with van der Waals surface area (Å²) in [7, 11) is -3.63. The van der Waals surface area contributed by atoms with Crippen molar-refractivity contribution in [2.45, 2.75) is 31.6 Å². The van der Waals surface area contributed by atoms with Crippen molar-refractivity contribution < 1.29 is 13.2 Å². The van der Waals surface area contributed by atoms with Gasteiger partial charge in [-0.3, -0.25) is 9.82 Å². The van der Waals surface area contributed by atoms with Gasteiger partial charge in [0.25, 0.3) is 10.0 Å². The number of anilines is 1. The number of sulfonamides is 1. The maximum atomic E-state index is 12.2. The number of nitrogens with zero attached hydrogens (tertiary/aromatic N) is 1. The average Bonchev–Trinajstić information content (AvgIpc) is 2.84. The molecule has 6 nitrogen and oxygen atoms in total. The maximum absolute atomic E-state index is 12.2. The van der Waals surface area contributed by atoms with Crippen LogP contribution in [0.2, 0.25) is 0 Å². The van der Waals surface area contributed by atoms with Gasteiger partial charge in [0.2, 0.25) is 0 Å². The molecule has 0 aliphatic carbocycles. The highest BCUT2D eigenvalue weighted by molar-refractivity contribution is 7.92. The predicted octanol–water partition coefficient (Wildman–Crippen LogP) is 2.70. The van der Waals surface area contributed by atoms with E-state index >= 15 is 0 Å². The van der Waals surface area contributed by atoms with E-state index in [0.717, 1.165) is 18.5 Å². The van der Waals surface area contributed by atoms with Gasteiger partial charge < -0.3 is 4.74 Å². The third kappa shape index (κ3) is 4.22. The Hall–Kier alpha value is -2.02. The van der Waals surface area contributed by atoms with Crippen molar-refractivity contribution in [3.05, 3.63) is 36.0 Å². The first-order valence-corrected chi connectivity index (χ1v) is 8.27. The monoisotopic (exact) mass is 309 g/mol. The van der Waals surface area contributed by atoms with Crippen molar-refractivity contribution in [3.63, 3.8) is 0 Å². The third-order valence-corrected chi connectivity index (χ3v) is 4.22. The van der Waals surface area contributed by atoms with Gasteiger partial charge >= 0.3 is 0 Å². The molecule has 1 aromatic heterocycles. The molecule has 0 atom stereocenters. The van der Waals surface area contributed by atoms with Gasteiger partial charge in [0.15, 0.2) is 5.82 Å². The minimum Gasteiger partial charge on any atom is -0.494 e. The minimum atomic E-state index is -3.63. The number of hydrogen-bond donors (Lipinski definition) is 2. The molecule has 114 valence electrons. The quantitative estimate of drug-likeness (QED) is 0.770. The molecule has 0 unspecified atom stereocenters. The van der Waals surface area contributed by atoms with E-state index in [-0.39, 0.29) is 10.7 Å². The van der Waals surface area contributed by atoms with Crippen LogP contribution in [0.25, 0.3) is 0 Å². The Morgan fingerprint density at radius 3 is 2.57 bits per heavy atom. The Bertz CT molecular complexity index is 678. The predicted molar refractivity (Wildman–Crippen MR) is 81.0 cm³/mol. The Balaban J connectivity index is 2.06. The lowest BCUT2D eigenvalue weighted by Crippen LogP contribution is -2.13. The van der Waals surface area contributed by atoms with Gasteiger partial charge in [-0.05, 0) is 37.6 Å². The maximum Gasteiger partial charge on any atom is 0.263 e. The van der Waals surface area contributed by atoms with Crippen LogP contribution in [0, 0.1) is 6.92 Å². The highest BCUT2D eigenvalue weighted by atomic mass is 32.2. The van der Waals surface area contributed by atoms with Gasteiger partial charge in [-0.1, -0.05) is 13.3 Å². The number of benzene rings is 1. The topological polar surface area (TPSA) is 84.1 Å². The van der Waals surface area contributed by atoms with Gasteiger partial charge in [0.1, 0.15) is 5.75 Å². The van der Waals surface area contributed by atoms with E-state index in [0.29, 0.717) is 12.4 Å². The normalized spacial score (nSPS) is 11.3. The van der Waals surface area contributed by atoms with Crippen molar-refractivity contribution in [1.29, 1.82) is 0 Å². The molecule has 0 amide bonds. The summed E-state index contributed by atoms with van der Waals surface area (Å²) in [5, 5.41) is 6.54. The van der Waals surface area contributed by atoms with Crippen molar-refractivity contribution >= 4 is 15.8 Å². The molecule has 0 bridgehead atoms. The molecule has 0 aliphatic rings. The smallest absolute Gasteiger partial charge is 0.263 e. The lowest BCUT2D eigenvalue weighted by Gasteiger charge is -2.08. The molecular weight excluding hydrogens is 290 g/mol. The number of ether oxygens (including phenoxy) is 1. The minimum absolute atomic E-state index is 0.172. The number of H-pyrrole nitrogens is 1. The number of unbranched alkanes of at least 4 members (excludes halogenated alkanes) is 1. The van der Waals surface area contributed by atoms with Crippen molar-refractivity contribution in [3.8, 4) is 5.75 Å². The summed E-state index contributed by atoms with van der Waals surface area (Å²) in [4.78, 5) is 0.172. The van der Waals surface area contributed by atoms with E-state index in [9.17, 15) is 8.42 Å². The molecular formula is C14H19N3O3S. The highest BCUT2D eigenvalue weighted by Crippen LogP contribution is 2.18. The number of aromatic amines is 1. The molecule has 1 heterocycles. The van der Waals surface area contributed by atoms with E-state index in [1.165, 1.54) is 12.1 Å². The van der Waals surface area contributed by atoms with Gasteiger partial charge in [-0.2, -0.15) is 5.10 Å². The second-order valence-corrected chi connectivity index (χ2v) is 6.40. The van der Waals surface area contributed by atoms with Crippen LogP contribution in [0.4, 0.5) is 5.82 Å². The van der Waals surface area contributed by atoms with Crippen molar-refractivity contribution in [2.75, 3.05) is 11.3 Å². The summed E-state index contributed by atoms with van der Waals surface area (Å²) in [6.45, 7) is 4.52. The molecule has 0 spiro atoms. The summed E-state index contributed by atoms with van der Waals surface area (Å²) in [5.74, 6) is 0.939. The fourth-order valence-corrected chi connectivity index (χ4v) is 2.71. The lowest BCUT2D eigenvalue weighted by molar-refractivity contribution is 0.309. The van der Waals surface area contributed by atoms with Crippen molar-refractivity contribution in [1.82, 2.24) is 10.2 Å². The van der Waals surface area contributed by atoms with E-state index in [1.54, 1.807) is 25.1 Å². The van der Waals surface area contributed by atoms with Gasteiger partial charge in [-0.15, -0.1) is 0 Å². The zero-order chi connectivity index (χ0) is 15.3. The molecule has 0 radical (unpaired) electrons. The standard InChI is InChI=1S/C14H19N3O3S/c1-3-4-9-20-12-5-7-13(8-6-12)21(18,19)17-14-10-11(2)15-16-14/h5-8,10H,3-4,9H2,1-2H3,(H2,15,16,17). The average molecular weight is 309 g/mol. The summed E-state index contributed by atoms with van der Waals surface area (Å²) in [5.41, 5.74) is 0.785. The van der Waals surface area contributed by atoms with Crippen LogP contribution in [-0.2, 0) is 10.0 Å². The molecule has 0 fully saturated rings. The van der Waals surface area contributed by atoms with Crippen LogP contribution in [0.5, 0.6) is 5.75 Å². The zero-order valence-electron chi connectivity index (χ0n) is 12.1. The van der Waals surface area contributed by atoms with Crippen molar-refractivity contribution in [2.24, 2.45) is 0 Å². The SMILES string of the molecule is CCCCOc1ccc(S(=O)(=O)Nc2cc(C)[nH]n2)cc1. The first-order valence-electron chi connectivity index (χ1n) is 6.79. The largest absolute Gasteiger partial charge is 0.494 e. The molecule has 0 saturated heterocycles. The number of aromatic nitrogens is 2. The lowest BCUT2D eigenvalue weighted by atomic mass is 10.3. The number of aryl methyl sites for hydroxylation is 1. The van der Waals surface area contributed by atoms with Crippen LogP contribution >= 0.6 is 0 Å². The van der Waals surface area contributed by atoms with Crippen LogP contribution in [0.1, 0.15) is 25.5 Å². The summed E-state index contributed by atoms with van der Waals surface area (Å²) in [6, 6.07) is 7.96. The fourth-order valence-electron chi connectivity index (χ4n) is 1.72. The Morgan fingerprint density at radius 1 is 1.29 bits per heavy atom. The molecule has 7 heteroatoms. The van der Waals surface area contributed by atoms with Crippen LogP contribution in [-0.4, -0.2) is 25.2 Å². The second kappa shape index (κ2) is 6.62. The highest BCUT2D eigenvalue weighted by Gasteiger charge is 2.15. The molecule has 21 heavy (non-hydrogen) atoms. The molecule has 1 aromatic carbocycles. The van der Waals surface area contributed by atoms with E-state index in [2.05, 4.69) is 21.8 Å². The Morgan fingerprint density at radius 2 is 2.00 bits per heavy atom. The van der Waals surface area contributed by atoms with E-state index in [1.807, 2.05) is 0 Å². The van der Waals surface area contributed by atoms with E-state index < -0.39 is 10.0 Å². The molecule has 0 aliphatic heterocycles. The fraction of sp³-hybridized carbons (Fsp3) is 0.357. The van der Waals surface area contributed by atoms with Crippen LogP contribution in [0.3, 0.4) is 0 Å². The molecule has 2 N–H and O–H groups in total. The van der Waals surface area contributed by atoms with Crippen LogP contribution in [0.15, 0.2) is 35.2 Å². The molecule has 2 aromatic rings. The van der Waals surface area contributed by atoms with E-state index in [4.69, 9.17) is 4.74 Å². The second-order valence-electron chi connectivity index (χ2n) is 4.72. The molecule has 0 saturated carbocycles. The Labute approximate surface area is 124 Å².